The molecular formula is C32H47O12PS8. The van der Waals surface area contributed by atoms with Gasteiger partial charge in [-0.2, -0.15) is 23.5 Å². The van der Waals surface area contributed by atoms with Gasteiger partial charge < -0.3 is 23.8 Å². The van der Waals surface area contributed by atoms with Crippen LogP contribution in [0.3, 0.4) is 0 Å². The zero-order valence-electron chi connectivity index (χ0n) is 30.0. The van der Waals surface area contributed by atoms with E-state index < -0.39 is 31.7 Å². The smallest absolute Gasteiger partial charge is 0.460 e. The fraction of sp³-hybridized carbons (Fsp3) is 0.625. The van der Waals surface area contributed by atoms with Crippen molar-refractivity contribution >= 4 is 126 Å². The molecule has 0 aliphatic carbocycles. The average Bonchev–Trinajstić information content (AvgIpc) is 3.10. The van der Waals surface area contributed by atoms with E-state index in [0.29, 0.717) is 45.3 Å². The van der Waals surface area contributed by atoms with E-state index in [4.69, 9.17) is 28.0 Å². The first-order valence-corrected chi connectivity index (χ1v) is 25.4. The third-order valence-corrected chi connectivity index (χ3v) is 19.4. The van der Waals surface area contributed by atoms with Crippen molar-refractivity contribution in [2.45, 2.75) is 55.2 Å². The Balaban J connectivity index is 1.74. The quantitative estimate of drug-likeness (QED) is 0.0334. The minimum absolute atomic E-state index is 0.00337. The molecule has 53 heavy (non-hydrogen) atoms. The lowest BCUT2D eigenvalue weighted by Gasteiger charge is -2.33. The maximum absolute atomic E-state index is 12.5. The van der Waals surface area contributed by atoms with Gasteiger partial charge in [0.2, 0.25) is 0 Å². The SMILES string of the molecule is C=C(C)C(=O)OCC1SC(COC(=O)C(=C)C)SC(CSCCOP(=O)(O)OCCSCC2SC(COC(=O)C(=C)C)SC(COC(=O)C(=C)C)S2)S1. The molecule has 2 aliphatic rings. The number of esters is 4. The lowest BCUT2D eigenvalue weighted by Crippen LogP contribution is -2.28. The zero-order valence-corrected chi connectivity index (χ0v) is 37.4. The summed E-state index contributed by atoms with van der Waals surface area (Å²) in [5.74, 6) is 0.383. The molecular weight excluding hydrogens is 864 g/mol. The fourth-order valence-electron chi connectivity index (χ4n) is 3.57. The van der Waals surface area contributed by atoms with Gasteiger partial charge in [0.25, 0.3) is 0 Å². The molecule has 2 heterocycles. The largest absolute Gasteiger partial charge is 0.472 e. The van der Waals surface area contributed by atoms with Gasteiger partial charge >= 0.3 is 31.7 Å². The third-order valence-electron chi connectivity index (χ3n) is 6.09. The van der Waals surface area contributed by atoms with Crippen LogP contribution in [0.4, 0.5) is 0 Å². The summed E-state index contributed by atoms with van der Waals surface area (Å²) in [7, 11) is -4.26. The minimum Gasteiger partial charge on any atom is -0.460 e. The van der Waals surface area contributed by atoms with E-state index in [0.717, 1.165) is 0 Å². The van der Waals surface area contributed by atoms with Crippen LogP contribution in [-0.2, 0) is 51.7 Å². The number of ether oxygens (including phenoxy) is 4. The van der Waals surface area contributed by atoms with E-state index in [1.54, 1.807) is 122 Å². The van der Waals surface area contributed by atoms with Gasteiger partial charge in [-0.05, 0) is 27.7 Å². The van der Waals surface area contributed by atoms with Crippen molar-refractivity contribution < 1.29 is 56.6 Å². The van der Waals surface area contributed by atoms with E-state index >= 15 is 0 Å². The van der Waals surface area contributed by atoms with Gasteiger partial charge in [0.1, 0.15) is 26.4 Å². The highest BCUT2D eigenvalue weighted by molar-refractivity contribution is 8.34. The Kier molecular flexibility index (Phi) is 23.9. The normalized spacial score (nSPS) is 23.9. The first-order chi connectivity index (χ1) is 25.0. The van der Waals surface area contributed by atoms with Gasteiger partial charge in [-0.1, -0.05) is 26.3 Å². The predicted molar refractivity (Wildman–Crippen MR) is 228 cm³/mol. The van der Waals surface area contributed by atoms with E-state index in [9.17, 15) is 28.6 Å². The molecule has 0 radical (unpaired) electrons. The monoisotopic (exact) mass is 910 g/mol. The number of carbonyl (C=O) groups excluding carboxylic acids is 4. The number of phosphoric ester groups is 1. The summed E-state index contributed by atoms with van der Waals surface area (Å²) in [5.41, 5.74) is 1.26. The molecule has 1 N–H and O–H groups in total. The number of thioether (sulfide) groups is 8. The molecule has 2 aliphatic heterocycles. The van der Waals surface area contributed by atoms with Crippen LogP contribution in [0.2, 0.25) is 0 Å². The summed E-state index contributed by atoms with van der Waals surface area (Å²) >= 11 is 12.8. The number of carbonyl (C=O) groups is 4. The molecule has 0 spiro atoms. The van der Waals surface area contributed by atoms with Crippen LogP contribution >= 0.6 is 102 Å². The van der Waals surface area contributed by atoms with Crippen molar-refractivity contribution in [1.82, 2.24) is 0 Å². The third kappa shape index (κ3) is 21.2. The van der Waals surface area contributed by atoms with Crippen LogP contribution < -0.4 is 0 Å². The summed E-state index contributed by atoms with van der Waals surface area (Å²) in [6, 6.07) is 0. The molecule has 0 saturated carbocycles. The summed E-state index contributed by atoms with van der Waals surface area (Å²) in [4.78, 5) is 57.9. The van der Waals surface area contributed by atoms with Crippen LogP contribution in [0.5, 0.6) is 0 Å². The summed E-state index contributed by atoms with van der Waals surface area (Å²) < 4.78 is 44.2. The lowest BCUT2D eigenvalue weighted by atomic mass is 10.4. The summed E-state index contributed by atoms with van der Waals surface area (Å²) in [6.45, 7) is 21.5. The highest BCUT2D eigenvalue weighted by atomic mass is 32.3. The molecule has 4 unspecified atom stereocenters. The lowest BCUT2D eigenvalue weighted by molar-refractivity contribution is -0.139. The highest BCUT2D eigenvalue weighted by Gasteiger charge is 2.34. The van der Waals surface area contributed by atoms with Gasteiger partial charge in [-0.25, -0.2) is 23.7 Å². The van der Waals surface area contributed by atoms with Crippen LogP contribution in [-0.4, -0.2) is 119 Å². The van der Waals surface area contributed by atoms with Crippen molar-refractivity contribution in [2.75, 3.05) is 62.7 Å². The molecule has 0 bridgehead atoms. The Morgan fingerprint density at radius 2 is 0.774 bits per heavy atom. The molecule has 2 saturated heterocycles. The Hall–Kier alpha value is -0.250. The summed E-state index contributed by atoms with van der Waals surface area (Å²) in [5, 5.41) is 0. The molecule has 300 valence electrons. The highest BCUT2D eigenvalue weighted by Crippen LogP contribution is 2.50. The Morgan fingerprint density at radius 1 is 0.528 bits per heavy atom. The number of hydrogen-bond donors (Lipinski definition) is 1. The molecule has 0 aromatic heterocycles. The van der Waals surface area contributed by atoms with Crippen molar-refractivity contribution in [3.05, 3.63) is 48.6 Å². The molecule has 2 fully saturated rings. The van der Waals surface area contributed by atoms with Crippen LogP contribution in [0.1, 0.15) is 27.7 Å². The zero-order chi connectivity index (χ0) is 39.6. The maximum atomic E-state index is 12.5. The first-order valence-electron chi connectivity index (χ1n) is 16.0. The maximum Gasteiger partial charge on any atom is 0.472 e. The van der Waals surface area contributed by atoms with E-state index in [1.807, 2.05) is 0 Å². The molecule has 0 aromatic carbocycles. The second-order valence-corrected chi connectivity index (χ2v) is 25.2. The standard InChI is InChI=1S/C32H47O12PS8/c1-19(2)29(33)39-13-23-48-24(14-40-30(34)20(3)4)51-27(50-23)17-46-11-9-43-45(37,38)44-10-12-47-18-28-52-25(15-41-31(35)21(5)6)49-26(53-28)16-42-32(36)22(7)8/h23-28H,1,3,5,7,9-18H2,2,4,6,8H3,(H,37,38). The van der Waals surface area contributed by atoms with Crippen LogP contribution in [0.25, 0.3) is 0 Å². The number of phosphoric acid groups is 1. The molecule has 0 aromatic rings. The number of hydrogen-bond acceptors (Lipinski definition) is 19. The minimum atomic E-state index is -4.26. The van der Waals surface area contributed by atoms with Crippen molar-refractivity contribution in [3.8, 4) is 0 Å². The molecule has 4 atom stereocenters. The topological polar surface area (TPSA) is 161 Å². The predicted octanol–water partition coefficient (Wildman–Crippen LogP) is 7.45. The Labute approximate surface area is 346 Å². The van der Waals surface area contributed by atoms with Gasteiger partial charge in [-0.15, -0.1) is 70.6 Å². The van der Waals surface area contributed by atoms with Gasteiger partial charge in [0.05, 0.1) is 40.7 Å². The second-order valence-electron chi connectivity index (χ2n) is 11.2. The molecule has 2 rings (SSSR count). The fourth-order valence-corrected chi connectivity index (χ4v) is 18.9. The Bertz CT molecular complexity index is 1200. The van der Waals surface area contributed by atoms with Crippen LogP contribution in [0, 0.1) is 0 Å². The van der Waals surface area contributed by atoms with Crippen molar-refractivity contribution in [1.29, 1.82) is 0 Å². The van der Waals surface area contributed by atoms with Gasteiger partial charge in [0, 0.05) is 45.3 Å². The van der Waals surface area contributed by atoms with Crippen LogP contribution in [0.15, 0.2) is 48.6 Å². The second kappa shape index (κ2) is 25.9. The molecule has 21 heteroatoms. The van der Waals surface area contributed by atoms with E-state index in [2.05, 4.69) is 26.3 Å². The average molecular weight is 911 g/mol. The van der Waals surface area contributed by atoms with Crippen molar-refractivity contribution in [2.24, 2.45) is 0 Å². The number of rotatable bonds is 24. The summed E-state index contributed by atoms with van der Waals surface area (Å²) in [6.07, 6.45) is 0. The van der Waals surface area contributed by atoms with Gasteiger partial charge in [-0.3, -0.25) is 9.05 Å². The van der Waals surface area contributed by atoms with E-state index in [1.165, 1.54) is 0 Å². The van der Waals surface area contributed by atoms with Crippen molar-refractivity contribution in [3.63, 3.8) is 0 Å². The van der Waals surface area contributed by atoms with Gasteiger partial charge in [0.15, 0.2) is 0 Å². The van der Waals surface area contributed by atoms with E-state index in [-0.39, 0.29) is 67.1 Å². The Morgan fingerprint density at radius 3 is 1.02 bits per heavy atom. The molecule has 12 nitrogen and oxygen atoms in total. The molecule has 0 amide bonds. The first kappa shape index (κ1) is 48.9.